The van der Waals surface area contributed by atoms with Gasteiger partial charge in [0.1, 0.15) is 0 Å². The Balaban J connectivity index is 1.93. The van der Waals surface area contributed by atoms with Gasteiger partial charge in [0.25, 0.3) is 0 Å². The molecule has 15 heavy (non-hydrogen) atoms. The molecule has 3 rings (SSSR count). The topological polar surface area (TPSA) is 26.0 Å². The second-order valence-electron chi connectivity index (χ2n) is 4.80. The largest absolute Gasteiger partial charge is 0.399 e. The molecular weight excluding hydrogens is 182 g/mol. The first-order valence-corrected chi connectivity index (χ1v) is 5.92. The van der Waals surface area contributed by atoms with Gasteiger partial charge in [-0.15, -0.1) is 0 Å². The monoisotopic (exact) mass is 199 g/mol. The quantitative estimate of drug-likeness (QED) is 0.689. The molecule has 0 bridgehead atoms. The van der Waals surface area contributed by atoms with E-state index in [1.54, 1.807) is 5.57 Å². The van der Waals surface area contributed by atoms with E-state index in [9.17, 15) is 0 Å². The van der Waals surface area contributed by atoms with E-state index < -0.39 is 0 Å². The summed E-state index contributed by atoms with van der Waals surface area (Å²) in [4.78, 5) is 0. The molecule has 2 aliphatic carbocycles. The van der Waals surface area contributed by atoms with Crippen molar-refractivity contribution in [2.45, 2.75) is 32.1 Å². The summed E-state index contributed by atoms with van der Waals surface area (Å²) in [6.07, 6.45) is 9.12. The van der Waals surface area contributed by atoms with Gasteiger partial charge in [-0.25, -0.2) is 0 Å². The van der Waals surface area contributed by atoms with Crippen molar-refractivity contribution in [1.29, 1.82) is 0 Å². The minimum absolute atomic E-state index is 0.864. The average molecular weight is 199 g/mol. The van der Waals surface area contributed by atoms with Gasteiger partial charge in [-0.3, -0.25) is 0 Å². The highest BCUT2D eigenvalue weighted by atomic mass is 14.5. The molecule has 0 amide bonds. The molecule has 1 fully saturated rings. The van der Waals surface area contributed by atoms with Crippen LogP contribution in [0.4, 0.5) is 5.69 Å². The average Bonchev–Trinajstić information content (AvgIpc) is 2.54. The Bertz CT molecular complexity index is 413. The van der Waals surface area contributed by atoms with Crippen molar-refractivity contribution in [2.24, 2.45) is 5.92 Å². The number of hydrogen-bond acceptors (Lipinski definition) is 1. The minimum atomic E-state index is 0.864. The Hall–Kier alpha value is -1.24. The van der Waals surface area contributed by atoms with Crippen LogP contribution in [0.15, 0.2) is 24.3 Å². The fraction of sp³-hybridized carbons (Fsp3) is 0.429. The molecule has 0 unspecified atom stereocenters. The SMILES string of the molecule is Nc1ccc2c(c1)CCC2=CC1CCC1. The summed E-state index contributed by atoms with van der Waals surface area (Å²) in [6.45, 7) is 0. The number of rotatable bonds is 1. The molecule has 2 aliphatic rings. The predicted octanol–water partition coefficient (Wildman–Crippen LogP) is 3.40. The van der Waals surface area contributed by atoms with Gasteiger partial charge >= 0.3 is 0 Å². The van der Waals surface area contributed by atoms with Crippen LogP contribution in [0.2, 0.25) is 0 Å². The lowest BCUT2D eigenvalue weighted by Crippen LogP contribution is -2.07. The van der Waals surface area contributed by atoms with E-state index in [1.165, 1.54) is 43.2 Å². The second kappa shape index (κ2) is 3.41. The minimum Gasteiger partial charge on any atom is -0.399 e. The van der Waals surface area contributed by atoms with Crippen LogP contribution in [-0.4, -0.2) is 0 Å². The fourth-order valence-corrected chi connectivity index (χ4v) is 2.60. The maximum atomic E-state index is 5.80. The molecular formula is C14H17N. The number of benzene rings is 1. The first kappa shape index (κ1) is 9.02. The standard InChI is InChI=1S/C14H17N/c15-13-6-7-14-11(4-5-12(14)9-13)8-10-2-1-3-10/h6-10H,1-5,15H2. The predicted molar refractivity (Wildman–Crippen MR) is 64.5 cm³/mol. The molecule has 0 saturated heterocycles. The normalized spacial score (nSPS) is 22.8. The van der Waals surface area contributed by atoms with Gasteiger partial charge in [-0.1, -0.05) is 18.6 Å². The van der Waals surface area contributed by atoms with Crippen LogP contribution in [0.1, 0.15) is 36.8 Å². The molecule has 2 N–H and O–H groups in total. The molecule has 1 aromatic carbocycles. The van der Waals surface area contributed by atoms with Gasteiger partial charge in [0, 0.05) is 5.69 Å². The van der Waals surface area contributed by atoms with E-state index in [4.69, 9.17) is 5.73 Å². The zero-order chi connectivity index (χ0) is 10.3. The number of hydrogen-bond donors (Lipinski definition) is 1. The number of anilines is 1. The summed E-state index contributed by atoms with van der Waals surface area (Å²) < 4.78 is 0. The molecule has 1 saturated carbocycles. The Kier molecular flexibility index (Phi) is 2.05. The van der Waals surface area contributed by atoms with Gasteiger partial charge in [0.05, 0.1) is 0 Å². The van der Waals surface area contributed by atoms with Crippen molar-refractivity contribution in [3.63, 3.8) is 0 Å². The molecule has 1 aromatic rings. The van der Waals surface area contributed by atoms with Crippen LogP contribution >= 0.6 is 0 Å². The summed E-state index contributed by atoms with van der Waals surface area (Å²) in [5, 5.41) is 0. The smallest absolute Gasteiger partial charge is 0.0317 e. The van der Waals surface area contributed by atoms with Crippen molar-refractivity contribution in [3.05, 3.63) is 35.4 Å². The maximum absolute atomic E-state index is 5.80. The van der Waals surface area contributed by atoms with Crippen LogP contribution in [0.3, 0.4) is 0 Å². The van der Waals surface area contributed by atoms with Gasteiger partial charge in [0.2, 0.25) is 0 Å². The van der Waals surface area contributed by atoms with E-state index in [2.05, 4.69) is 18.2 Å². The van der Waals surface area contributed by atoms with Crippen LogP contribution in [0.5, 0.6) is 0 Å². The lowest BCUT2D eigenvalue weighted by atomic mass is 9.83. The molecule has 0 aliphatic heterocycles. The zero-order valence-corrected chi connectivity index (χ0v) is 9.00. The van der Waals surface area contributed by atoms with Crippen molar-refractivity contribution >= 4 is 11.3 Å². The molecule has 0 radical (unpaired) electrons. The maximum Gasteiger partial charge on any atom is 0.0317 e. The zero-order valence-electron chi connectivity index (χ0n) is 9.00. The number of nitrogen functional groups attached to an aromatic ring is 1. The third kappa shape index (κ3) is 1.56. The van der Waals surface area contributed by atoms with E-state index in [-0.39, 0.29) is 0 Å². The molecule has 0 atom stereocenters. The number of aryl methyl sites for hydroxylation is 1. The highest BCUT2D eigenvalue weighted by Gasteiger charge is 2.20. The van der Waals surface area contributed by atoms with Crippen molar-refractivity contribution in [2.75, 3.05) is 5.73 Å². The summed E-state index contributed by atoms with van der Waals surface area (Å²) in [7, 11) is 0. The van der Waals surface area contributed by atoms with Crippen LogP contribution in [0.25, 0.3) is 5.57 Å². The molecule has 1 heteroatoms. The second-order valence-corrected chi connectivity index (χ2v) is 4.80. The third-order valence-corrected chi connectivity index (χ3v) is 3.73. The molecule has 0 aromatic heterocycles. The van der Waals surface area contributed by atoms with Crippen molar-refractivity contribution < 1.29 is 0 Å². The molecule has 0 spiro atoms. The van der Waals surface area contributed by atoms with E-state index >= 15 is 0 Å². The molecule has 78 valence electrons. The number of fused-ring (bicyclic) bond motifs is 1. The van der Waals surface area contributed by atoms with Gasteiger partial charge in [-0.2, -0.15) is 0 Å². The van der Waals surface area contributed by atoms with Crippen LogP contribution < -0.4 is 5.73 Å². The molecule has 0 heterocycles. The van der Waals surface area contributed by atoms with E-state index in [0.717, 1.165) is 11.6 Å². The summed E-state index contributed by atoms with van der Waals surface area (Å²) in [5.74, 6) is 0.864. The van der Waals surface area contributed by atoms with E-state index in [0.29, 0.717) is 0 Å². The Morgan fingerprint density at radius 2 is 2.07 bits per heavy atom. The van der Waals surface area contributed by atoms with E-state index in [1.807, 2.05) is 6.07 Å². The van der Waals surface area contributed by atoms with Crippen molar-refractivity contribution in [3.8, 4) is 0 Å². The third-order valence-electron chi connectivity index (χ3n) is 3.73. The lowest BCUT2D eigenvalue weighted by molar-refractivity contribution is 0.388. The van der Waals surface area contributed by atoms with Crippen molar-refractivity contribution in [1.82, 2.24) is 0 Å². The Labute approximate surface area is 91.0 Å². The highest BCUT2D eigenvalue weighted by molar-refractivity contribution is 5.74. The Morgan fingerprint density at radius 1 is 1.20 bits per heavy atom. The number of nitrogens with two attached hydrogens (primary N) is 1. The Morgan fingerprint density at radius 3 is 2.80 bits per heavy atom. The van der Waals surface area contributed by atoms with Gasteiger partial charge < -0.3 is 5.73 Å². The van der Waals surface area contributed by atoms with Crippen LogP contribution in [0, 0.1) is 5.92 Å². The first-order chi connectivity index (χ1) is 7.33. The van der Waals surface area contributed by atoms with Crippen LogP contribution in [-0.2, 0) is 6.42 Å². The summed E-state index contributed by atoms with van der Waals surface area (Å²) >= 11 is 0. The fourth-order valence-electron chi connectivity index (χ4n) is 2.60. The summed E-state index contributed by atoms with van der Waals surface area (Å²) in [6, 6.07) is 6.36. The first-order valence-electron chi connectivity index (χ1n) is 5.92. The summed E-state index contributed by atoms with van der Waals surface area (Å²) in [5.41, 5.74) is 11.2. The lowest BCUT2D eigenvalue weighted by Gasteiger charge is -2.22. The number of allylic oxidation sites excluding steroid dienone is 2. The van der Waals surface area contributed by atoms with Gasteiger partial charge in [-0.05, 0) is 60.4 Å². The highest BCUT2D eigenvalue weighted by Crippen LogP contribution is 2.37. The molecule has 1 nitrogen and oxygen atoms in total. The van der Waals surface area contributed by atoms with Gasteiger partial charge in [0.15, 0.2) is 0 Å².